The summed E-state index contributed by atoms with van der Waals surface area (Å²) in [6, 6.07) is 0.820. The van der Waals surface area contributed by atoms with Gasteiger partial charge in [-0.3, -0.25) is 0 Å². The first-order valence-corrected chi connectivity index (χ1v) is 6.00. The zero-order valence-electron chi connectivity index (χ0n) is 8.91. The van der Waals surface area contributed by atoms with Gasteiger partial charge in [0.2, 0.25) is 0 Å². The van der Waals surface area contributed by atoms with Crippen LogP contribution in [0.3, 0.4) is 0 Å². The molecule has 0 spiro atoms. The van der Waals surface area contributed by atoms with E-state index < -0.39 is 9.28 Å². The maximum atomic E-state index is 10.9. The van der Waals surface area contributed by atoms with Gasteiger partial charge in [0.15, 0.2) is 0 Å². The van der Waals surface area contributed by atoms with Crippen LogP contribution in [0.1, 0.15) is 13.3 Å². The molecule has 0 aromatic rings. The number of carbonyl (C=O) groups is 1. The van der Waals surface area contributed by atoms with Crippen molar-refractivity contribution in [1.82, 2.24) is 0 Å². The van der Waals surface area contributed by atoms with Gasteiger partial charge in [-0.2, -0.15) is 0 Å². The minimum Gasteiger partial charge on any atom is -0.463 e. The molecule has 0 saturated carbocycles. The number of ether oxygens (including phenoxy) is 1. The number of hydrogen-bond donors (Lipinski definition) is 0. The molecule has 0 unspecified atom stereocenters. The van der Waals surface area contributed by atoms with E-state index in [-0.39, 0.29) is 5.97 Å². The molecular formula is C9H17O4Si. The standard InChI is InChI=1S/C9H17O4Si/c1-4-6-9(10)13-7-5-8-14(11-2)12-3/h4,6H,5,7-8H2,1-3H3. The molecule has 5 heteroatoms. The van der Waals surface area contributed by atoms with Crippen molar-refractivity contribution >= 4 is 15.3 Å². The minimum atomic E-state index is -1.14. The highest BCUT2D eigenvalue weighted by molar-refractivity contribution is 6.44. The monoisotopic (exact) mass is 217 g/mol. The van der Waals surface area contributed by atoms with E-state index in [1.165, 1.54) is 6.08 Å². The summed E-state index contributed by atoms with van der Waals surface area (Å²) in [5, 5.41) is 0. The molecule has 0 aliphatic carbocycles. The van der Waals surface area contributed by atoms with E-state index in [9.17, 15) is 4.79 Å². The number of esters is 1. The summed E-state index contributed by atoms with van der Waals surface area (Å²) in [4.78, 5) is 10.9. The van der Waals surface area contributed by atoms with Gasteiger partial charge in [-0.05, 0) is 19.4 Å². The van der Waals surface area contributed by atoms with E-state index in [1.54, 1.807) is 27.2 Å². The Bertz CT molecular complexity index is 178. The highest BCUT2D eigenvalue weighted by atomic mass is 28.3. The van der Waals surface area contributed by atoms with E-state index in [1.807, 2.05) is 0 Å². The fourth-order valence-corrected chi connectivity index (χ4v) is 1.87. The van der Waals surface area contributed by atoms with Crippen molar-refractivity contribution in [3.63, 3.8) is 0 Å². The van der Waals surface area contributed by atoms with Gasteiger partial charge in [-0.1, -0.05) is 6.08 Å². The second-order valence-corrected chi connectivity index (χ2v) is 4.61. The second kappa shape index (κ2) is 8.92. The molecule has 0 amide bonds. The fraction of sp³-hybridized carbons (Fsp3) is 0.667. The van der Waals surface area contributed by atoms with E-state index in [0.29, 0.717) is 6.61 Å². The molecule has 0 rings (SSSR count). The Kier molecular flexibility index (Phi) is 8.51. The third-order valence-electron chi connectivity index (χ3n) is 1.53. The lowest BCUT2D eigenvalue weighted by molar-refractivity contribution is -0.137. The summed E-state index contributed by atoms with van der Waals surface area (Å²) in [5.41, 5.74) is 0. The van der Waals surface area contributed by atoms with Crippen molar-refractivity contribution < 1.29 is 18.4 Å². The van der Waals surface area contributed by atoms with Crippen molar-refractivity contribution in [2.45, 2.75) is 19.4 Å². The highest BCUT2D eigenvalue weighted by Crippen LogP contribution is 1.99. The summed E-state index contributed by atoms with van der Waals surface area (Å²) < 4.78 is 15.1. The summed E-state index contributed by atoms with van der Waals surface area (Å²) in [6.07, 6.45) is 3.83. The maximum absolute atomic E-state index is 10.9. The van der Waals surface area contributed by atoms with Gasteiger partial charge >= 0.3 is 15.3 Å². The Morgan fingerprint density at radius 3 is 2.50 bits per heavy atom. The van der Waals surface area contributed by atoms with Gasteiger partial charge in [0.05, 0.1) is 6.61 Å². The SMILES string of the molecule is CC=CC(=O)OCCC[Si](OC)OC. The average molecular weight is 217 g/mol. The molecule has 1 radical (unpaired) electrons. The van der Waals surface area contributed by atoms with E-state index >= 15 is 0 Å². The molecule has 0 N–H and O–H groups in total. The van der Waals surface area contributed by atoms with E-state index in [2.05, 4.69) is 0 Å². The van der Waals surface area contributed by atoms with Crippen LogP contribution in [-0.4, -0.2) is 36.1 Å². The first-order chi connectivity index (χ1) is 6.74. The molecule has 0 aliphatic heterocycles. The first kappa shape index (κ1) is 13.3. The van der Waals surface area contributed by atoms with Gasteiger partial charge in [-0.25, -0.2) is 4.79 Å². The third-order valence-corrected chi connectivity index (χ3v) is 3.20. The zero-order valence-corrected chi connectivity index (χ0v) is 9.91. The molecule has 0 saturated heterocycles. The third kappa shape index (κ3) is 6.82. The molecular weight excluding hydrogens is 200 g/mol. The van der Waals surface area contributed by atoms with Crippen molar-refractivity contribution in [2.24, 2.45) is 0 Å². The van der Waals surface area contributed by atoms with Gasteiger partial charge in [0.1, 0.15) is 0 Å². The van der Waals surface area contributed by atoms with Crippen molar-refractivity contribution in [1.29, 1.82) is 0 Å². The van der Waals surface area contributed by atoms with Crippen LogP contribution in [0.5, 0.6) is 0 Å². The predicted octanol–water partition coefficient (Wildman–Crippen LogP) is 1.28. The van der Waals surface area contributed by atoms with Crippen molar-refractivity contribution in [3.05, 3.63) is 12.2 Å². The van der Waals surface area contributed by atoms with Crippen LogP contribution in [0.2, 0.25) is 6.04 Å². The van der Waals surface area contributed by atoms with Gasteiger partial charge in [0.25, 0.3) is 0 Å². The second-order valence-electron chi connectivity index (χ2n) is 2.55. The van der Waals surface area contributed by atoms with Crippen LogP contribution in [0.25, 0.3) is 0 Å². The molecule has 0 atom stereocenters. The predicted molar refractivity (Wildman–Crippen MR) is 55.0 cm³/mol. The summed E-state index contributed by atoms with van der Waals surface area (Å²) in [5.74, 6) is -0.295. The molecule has 81 valence electrons. The van der Waals surface area contributed by atoms with Gasteiger partial charge in [0, 0.05) is 20.3 Å². The maximum Gasteiger partial charge on any atom is 0.384 e. The normalized spacial score (nSPS) is 11.1. The molecule has 0 aromatic heterocycles. The first-order valence-electron chi connectivity index (χ1n) is 4.47. The van der Waals surface area contributed by atoms with E-state index in [4.69, 9.17) is 13.6 Å². The quantitative estimate of drug-likeness (QED) is 0.279. The molecule has 14 heavy (non-hydrogen) atoms. The Labute approximate surface area is 86.7 Å². The largest absolute Gasteiger partial charge is 0.463 e. The van der Waals surface area contributed by atoms with Crippen LogP contribution >= 0.6 is 0 Å². The summed E-state index contributed by atoms with van der Waals surface area (Å²) >= 11 is 0. The molecule has 0 aliphatic rings. The zero-order chi connectivity index (χ0) is 10.8. The van der Waals surface area contributed by atoms with Crippen molar-refractivity contribution in [3.8, 4) is 0 Å². The molecule has 0 bridgehead atoms. The van der Waals surface area contributed by atoms with Crippen LogP contribution in [0.15, 0.2) is 12.2 Å². The van der Waals surface area contributed by atoms with Crippen molar-refractivity contribution in [2.75, 3.05) is 20.8 Å². The summed E-state index contributed by atoms with van der Waals surface area (Å²) in [7, 11) is 2.11. The highest BCUT2D eigenvalue weighted by Gasteiger charge is 2.11. The number of rotatable bonds is 7. The van der Waals surface area contributed by atoms with Crippen LogP contribution in [-0.2, 0) is 18.4 Å². The van der Waals surface area contributed by atoms with Crippen LogP contribution < -0.4 is 0 Å². The van der Waals surface area contributed by atoms with Crippen LogP contribution in [0.4, 0.5) is 0 Å². The lowest BCUT2D eigenvalue weighted by atomic mass is 10.5. The van der Waals surface area contributed by atoms with E-state index in [0.717, 1.165) is 12.5 Å². The van der Waals surface area contributed by atoms with Crippen LogP contribution in [0, 0.1) is 0 Å². The summed E-state index contributed by atoms with van der Waals surface area (Å²) in [6.45, 7) is 2.20. The Hall–Kier alpha value is -0.653. The molecule has 0 aromatic carbocycles. The minimum absolute atomic E-state index is 0.295. The molecule has 0 heterocycles. The lowest BCUT2D eigenvalue weighted by Crippen LogP contribution is -2.19. The topological polar surface area (TPSA) is 44.8 Å². The Morgan fingerprint density at radius 2 is 2.00 bits per heavy atom. The number of allylic oxidation sites excluding steroid dienone is 1. The smallest absolute Gasteiger partial charge is 0.384 e. The van der Waals surface area contributed by atoms with Gasteiger partial charge in [-0.15, -0.1) is 0 Å². The number of carbonyl (C=O) groups excluding carboxylic acids is 1. The molecule has 0 fully saturated rings. The number of hydrogen-bond acceptors (Lipinski definition) is 4. The Morgan fingerprint density at radius 1 is 1.36 bits per heavy atom. The fourth-order valence-electron chi connectivity index (χ4n) is 0.861. The Balaban J connectivity index is 3.41. The lowest BCUT2D eigenvalue weighted by Gasteiger charge is -2.08. The molecule has 4 nitrogen and oxygen atoms in total. The van der Waals surface area contributed by atoms with Gasteiger partial charge < -0.3 is 13.6 Å². The average Bonchev–Trinajstić information content (AvgIpc) is 2.19.